The Hall–Kier alpha value is -1.72. The number of carbonyl (C=O) groups excluding carboxylic acids is 2. The third-order valence-electron chi connectivity index (χ3n) is 6.56. The fourth-order valence-corrected chi connectivity index (χ4v) is 4.50. The zero-order chi connectivity index (χ0) is 18.8. The highest BCUT2D eigenvalue weighted by Gasteiger charge is 2.30. The minimum Gasteiger partial charge on any atom is -0.339 e. The number of nitrogens with zero attached hydrogens (tertiary/aromatic N) is 3. The van der Waals surface area contributed by atoms with Crippen LogP contribution in [0.25, 0.3) is 0 Å². The second kappa shape index (κ2) is 8.11. The molecule has 0 bridgehead atoms. The summed E-state index contributed by atoms with van der Waals surface area (Å²) in [5, 5.41) is 0. The van der Waals surface area contributed by atoms with Gasteiger partial charge in [-0.05, 0) is 36.5 Å². The molecule has 0 radical (unpaired) electrons. The molecular weight excluding hydrogens is 338 g/mol. The molecule has 146 valence electrons. The molecule has 1 aromatic rings. The monoisotopic (exact) mass is 369 g/mol. The molecule has 2 fully saturated rings. The van der Waals surface area contributed by atoms with Gasteiger partial charge in [-0.3, -0.25) is 19.4 Å². The van der Waals surface area contributed by atoms with Crippen LogP contribution in [-0.2, 0) is 17.8 Å². The van der Waals surface area contributed by atoms with Crippen LogP contribution in [0.15, 0.2) is 18.2 Å². The second-order valence-electron chi connectivity index (χ2n) is 8.22. The van der Waals surface area contributed by atoms with Gasteiger partial charge < -0.3 is 4.90 Å². The lowest BCUT2D eigenvalue weighted by atomic mass is 9.91. The van der Waals surface area contributed by atoms with Gasteiger partial charge in [0.25, 0.3) is 0 Å². The summed E-state index contributed by atoms with van der Waals surface area (Å²) in [7, 11) is 0. The topological polar surface area (TPSA) is 43.9 Å². The molecule has 4 rings (SSSR count). The van der Waals surface area contributed by atoms with E-state index < -0.39 is 0 Å². The zero-order valence-electron chi connectivity index (χ0n) is 16.5. The van der Waals surface area contributed by atoms with Crippen molar-refractivity contribution in [3.63, 3.8) is 0 Å². The zero-order valence-corrected chi connectivity index (χ0v) is 16.5. The average Bonchev–Trinajstić information content (AvgIpc) is 2.66. The number of benzene rings is 1. The summed E-state index contributed by atoms with van der Waals surface area (Å²) in [4.78, 5) is 31.5. The SMILES string of the molecule is CCC(=O)c1ccc2c(c1)CCN(CC(=O)N1CCN(C3CCC3)CC1)C2. The van der Waals surface area contributed by atoms with Gasteiger partial charge >= 0.3 is 0 Å². The van der Waals surface area contributed by atoms with Crippen LogP contribution >= 0.6 is 0 Å². The van der Waals surface area contributed by atoms with E-state index in [-0.39, 0.29) is 11.7 Å². The third-order valence-corrected chi connectivity index (χ3v) is 6.56. The van der Waals surface area contributed by atoms with Gasteiger partial charge in [0, 0.05) is 57.3 Å². The van der Waals surface area contributed by atoms with Gasteiger partial charge in [-0.25, -0.2) is 0 Å². The lowest BCUT2D eigenvalue weighted by molar-refractivity contribution is -0.135. The van der Waals surface area contributed by atoms with Crippen LogP contribution in [0, 0.1) is 0 Å². The molecule has 3 aliphatic rings. The molecule has 1 aliphatic carbocycles. The summed E-state index contributed by atoms with van der Waals surface area (Å²) in [6.45, 7) is 7.94. The fraction of sp³-hybridized carbons (Fsp3) is 0.636. The largest absolute Gasteiger partial charge is 0.339 e. The highest BCUT2D eigenvalue weighted by molar-refractivity contribution is 5.96. The van der Waals surface area contributed by atoms with E-state index >= 15 is 0 Å². The number of amides is 1. The second-order valence-corrected chi connectivity index (χ2v) is 8.22. The van der Waals surface area contributed by atoms with Gasteiger partial charge in [-0.15, -0.1) is 0 Å². The number of carbonyl (C=O) groups is 2. The number of ketones is 1. The minimum atomic E-state index is 0.205. The standard InChI is InChI=1S/C22H31N3O2/c1-2-21(26)18-6-7-19-15-23(9-8-17(19)14-18)16-22(27)25-12-10-24(11-13-25)20-4-3-5-20/h6-7,14,20H,2-5,8-13,15-16H2,1H3. The number of rotatable bonds is 5. The number of hydrogen-bond acceptors (Lipinski definition) is 4. The molecule has 2 heterocycles. The molecular formula is C22H31N3O2. The molecule has 0 spiro atoms. The first-order chi connectivity index (χ1) is 13.1. The van der Waals surface area contributed by atoms with E-state index in [0.717, 1.165) is 57.3 Å². The average molecular weight is 370 g/mol. The van der Waals surface area contributed by atoms with Crippen LogP contribution in [0.4, 0.5) is 0 Å². The van der Waals surface area contributed by atoms with Gasteiger partial charge in [-0.1, -0.05) is 25.5 Å². The minimum absolute atomic E-state index is 0.205. The molecule has 1 amide bonds. The van der Waals surface area contributed by atoms with Gasteiger partial charge in [0.15, 0.2) is 5.78 Å². The summed E-state index contributed by atoms with van der Waals surface area (Å²) in [6, 6.07) is 6.85. The highest BCUT2D eigenvalue weighted by Crippen LogP contribution is 2.26. The maximum atomic E-state index is 12.7. The first-order valence-corrected chi connectivity index (χ1v) is 10.5. The molecule has 0 aromatic heterocycles. The van der Waals surface area contributed by atoms with E-state index in [9.17, 15) is 9.59 Å². The van der Waals surface area contributed by atoms with E-state index in [2.05, 4.69) is 21.9 Å². The van der Waals surface area contributed by atoms with Crippen molar-refractivity contribution in [1.29, 1.82) is 0 Å². The van der Waals surface area contributed by atoms with Gasteiger partial charge in [0.2, 0.25) is 5.91 Å². The molecule has 1 saturated carbocycles. The van der Waals surface area contributed by atoms with Crippen LogP contribution in [0.5, 0.6) is 0 Å². The molecule has 5 nitrogen and oxygen atoms in total. The van der Waals surface area contributed by atoms with Crippen LogP contribution in [0.2, 0.25) is 0 Å². The van der Waals surface area contributed by atoms with Crippen molar-refractivity contribution < 1.29 is 9.59 Å². The Kier molecular flexibility index (Phi) is 5.60. The van der Waals surface area contributed by atoms with E-state index in [1.807, 2.05) is 17.9 Å². The number of Topliss-reactive ketones (excluding diaryl/α,β-unsaturated/α-hetero) is 1. The highest BCUT2D eigenvalue weighted by atomic mass is 16.2. The smallest absolute Gasteiger partial charge is 0.236 e. The van der Waals surface area contributed by atoms with Crippen molar-refractivity contribution in [3.05, 3.63) is 34.9 Å². The summed E-state index contributed by atoms with van der Waals surface area (Å²) in [5.41, 5.74) is 3.36. The molecule has 1 aromatic carbocycles. The predicted molar refractivity (Wildman–Crippen MR) is 106 cm³/mol. The Bertz CT molecular complexity index is 706. The maximum absolute atomic E-state index is 12.7. The fourth-order valence-electron chi connectivity index (χ4n) is 4.50. The molecule has 27 heavy (non-hydrogen) atoms. The number of piperazine rings is 1. The van der Waals surface area contributed by atoms with Crippen LogP contribution < -0.4 is 0 Å². The predicted octanol–water partition coefficient (Wildman–Crippen LogP) is 2.33. The van der Waals surface area contributed by atoms with Gasteiger partial charge in [0.1, 0.15) is 0 Å². The molecule has 0 N–H and O–H groups in total. The normalized spacial score (nSPS) is 21.6. The van der Waals surface area contributed by atoms with Crippen LogP contribution in [0.1, 0.15) is 54.1 Å². The van der Waals surface area contributed by atoms with Crippen molar-refractivity contribution in [2.24, 2.45) is 0 Å². The Morgan fingerprint density at radius 3 is 2.48 bits per heavy atom. The number of fused-ring (bicyclic) bond motifs is 1. The first-order valence-electron chi connectivity index (χ1n) is 10.5. The molecule has 5 heteroatoms. The van der Waals surface area contributed by atoms with Gasteiger partial charge in [0.05, 0.1) is 6.54 Å². The van der Waals surface area contributed by atoms with Gasteiger partial charge in [-0.2, -0.15) is 0 Å². The molecule has 0 unspecified atom stereocenters. The Morgan fingerprint density at radius 1 is 1.04 bits per heavy atom. The summed E-state index contributed by atoms with van der Waals surface area (Å²) in [6.07, 6.45) is 5.52. The van der Waals surface area contributed by atoms with Crippen LogP contribution in [0.3, 0.4) is 0 Å². The van der Waals surface area contributed by atoms with Crippen LogP contribution in [-0.4, -0.2) is 71.7 Å². The molecule has 2 aliphatic heterocycles. The van der Waals surface area contributed by atoms with Crippen molar-refractivity contribution >= 4 is 11.7 Å². The quantitative estimate of drug-likeness (QED) is 0.748. The lowest BCUT2D eigenvalue weighted by Gasteiger charge is -2.43. The Balaban J connectivity index is 1.29. The first kappa shape index (κ1) is 18.6. The van der Waals surface area contributed by atoms with Crippen molar-refractivity contribution in [3.8, 4) is 0 Å². The summed E-state index contributed by atoms with van der Waals surface area (Å²) >= 11 is 0. The van der Waals surface area contributed by atoms with E-state index in [0.29, 0.717) is 13.0 Å². The summed E-state index contributed by atoms with van der Waals surface area (Å²) < 4.78 is 0. The Morgan fingerprint density at radius 2 is 1.81 bits per heavy atom. The third kappa shape index (κ3) is 4.09. The summed E-state index contributed by atoms with van der Waals surface area (Å²) in [5.74, 6) is 0.473. The Labute approximate surface area is 162 Å². The van der Waals surface area contributed by atoms with E-state index in [1.165, 1.54) is 30.4 Å². The molecule has 1 saturated heterocycles. The van der Waals surface area contributed by atoms with E-state index in [1.54, 1.807) is 0 Å². The van der Waals surface area contributed by atoms with Crippen molar-refractivity contribution in [2.75, 3.05) is 39.3 Å². The van der Waals surface area contributed by atoms with Crippen molar-refractivity contribution in [2.45, 2.75) is 51.6 Å². The maximum Gasteiger partial charge on any atom is 0.236 e. The van der Waals surface area contributed by atoms with E-state index in [4.69, 9.17) is 0 Å². The van der Waals surface area contributed by atoms with Crippen molar-refractivity contribution in [1.82, 2.24) is 14.7 Å². The molecule has 0 atom stereocenters. The lowest BCUT2D eigenvalue weighted by Crippen LogP contribution is -2.55. The number of hydrogen-bond donors (Lipinski definition) is 0.